The van der Waals surface area contributed by atoms with Gasteiger partial charge in [-0.15, -0.1) is 0 Å². The van der Waals surface area contributed by atoms with Crippen molar-refractivity contribution in [3.63, 3.8) is 0 Å². The lowest BCUT2D eigenvalue weighted by Crippen LogP contribution is -2.07. The maximum absolute atomic E-state index is 9.40. The van der Waals surface area contributed by atoms with Gasteiger partial charge >= 0.3 is 0 Å². The molecule has 0 aliphatic carbocycles. The van der Waals surface area contributed by atoms with Crippen LogP contribution in [0, 0.1) is 6.92 Å². The van der Waals surface area contributed by atoms with Gasteiger partial charge in [0, 0.05) is 6.42 Å². The maximum Gasteiger partial charge on any atom is 0.144 e. The largest absolute Gasteiger partial charge is 0.495 e. The van der Waals surface area contributed by atoms with Crippen LogP contribution in [0.15, 0.2) is 6.07 Å². The molecule has 0 amide bonds. The number of halogens is 1. The third-order valence-corrected chi connectivity index (χ3v) is 2.71. The molecule has 0 spiro atoms. The number of methoxy groups -OCH3 is 2. The van der Waals surface area contributed by atoms with E-state index >= 15 is 0 Å². The van der Waals surface area contributed by atoms with Crippen molar-refractivity contribution in [1.29, 1.82) is 0 Å². The Morgan fingerprint density at radius 3 is 2.31 bits per heavy atom. The number of aliphatic hydroxyl groups excluding tert-OH is 1. The van der Waals surface area contributed by atoms with Gasteiger partial charge in [0.05, 0.1) is 20.3 Å². The first kappa shape index (κ1) is 13.1. The number of rotatable bonds is 4. The van der Waals surface area contributed by atoms with Crippen LogP contribution in [-0.2, 0) is 6.42 Å². The summed E-state index contributed by atoms with van der Waals surface area (Å²) in [5.41, 5.74) is 1.82. The molecule has 0 aliphatic heterocycles. The molecule has 1 aromatic carbocycles. The zero-order valence-electron chi connectivity index (χ0n) is 10.0. The van der Waals surface area contributed by atoms with Crippen LogP contribution in [-0.4, -0.2) is 25.4 Å². The molecule has 1 N–H and O–H groups in total. The van der Waals surface area contributed by atoms with Crippen LogP contribution >= 0.6 is 11.6 Å². The van der Waals surface area contributed by atoms with Crippen molar-refractivity contribution in [3.8, 4) is 11.5 Å². The van der Waals surface area contributed by atoms with Gasteiger partial charge in [0.1, 0.15) is 16.5 Å². The molecule has 3 nitrogen and oxygen atoms in total. The fraction of sp³-hybridized carbons (Fsp3) is 0.500. The Morgan fingerprint density at radius 2 is 1.88 bits per heavy atom. The Bertz CT molecular complexity index is 375. The molecule has 1 atom stereocenters. The van der Waals surface area contributed by atoms with Gasteiger partial charge in [0.15, 0.2) is 0 Å². The Hall–Kier alpha value is -0.930. The van der Waals surface area contributed by atoms with Gasteiger partial charge in [-0.1, -0.05) is 11.6 Å². The number of hydrogen-bond donors (Lipinski definition) is 1. The van der Waals surface area contributed by atoms with Gasteiger partial charge in [-0.2, -0.15) is 0 Å². The van der Waals surface area contributed by atoms with E-state index in [0.717, 1.165) is 11.1 Å². The van der Waals surface area contributed by atoms with Crippen LogP contribution in [0.2, 0.25) is 5.02 Å². The summed E-state index contributed by atoms with van der Waals surface area (Å²) in [4.78, 5) is 0. The van der Waals surface area contributed by atoms with Crippen molar-refractivity contribution in [1.82, 2.24) is 0 Å². The third kappa shape index (κ3) is 2.60. The minimum Gasteiger partial charge on any atom is -0.495 e. The van der Waals surface area contributed by atoms with E-state index < -0.39 is 6.10 Å². The summed E-state index contributed by atoms with van der Waals surface area (Å²) >= 11 is 6.17. The van der Waals surface area contributed by atoms with E-state index in [1.807, 2.05) is 13.0 Å². The molecular weight excluding hydrogens is 228 g/mol. The Kier molecular flexibility index (Phi) is 4.44. The summed E-state index contributed by atoms with van der Waals surface area (Å²) in [6.45, 7) is 3.64. The third-order valence-electron chi connectivity index (χ3n) is 2.36. The van der Waals surface area contributed by atoms with Crippen LogP contribution < -0.4 is 9.47 Å². The van der Waals surface area contributed by atoms with Crippen molar-refractivity contribution >= 4 is 11.6 Å². The summed E-state index contributed by atoms with van der Waals surface area (Å²) in [6.07, 6.45) is 0.0750. The first-order valence-corrected chi connectivity index (χ1v) is 5.47. The second-order valence-corrected chi connectivity index (χ2v) is 4.16. The normalized spacial score (nSPS) is 12.4. The average Bonchev–Trinajstić information content (AvgIpc) is 2.17. The molecule has 0 saturated carbocycles. The van der Waals surface area contributed by atoms with E-state index in [0.29, 0.717) is 22.9 Å². The van der Waals surface area contributed by atoms with Crippen LogP contribution in [0.25, 0.3) is 0 Å². The lowest BCUT2D eigenvalue weighted by Gasteiger charge is -2.16. The van der Waals surface area contributed by atoms with Crippen molar-refractivity contribution < 1.29 is 14.6 Å². The van der Waals surface area contributed by atoms with E-state index in [1.54, 1.807) is 21.1 Å². The molecule has 16 heavy (non-hydrogen) atoms. The number of ether oxygens (including phenoxy) is 2. The zero-order valence-corrected chi connectivity index (χ0v) is 10.8. The lowest BCUT2D eigenvalue weighted by atomic mass is 10.0. The first-order chi connectivity index (χ1) is 7.51. The van der Waals surface area contributed by atoms with Gasteiger partial charge in [-0.3, -0.25) is 0 Å². The standard InChI is InChI=1S/C12H17ClO3/c1-7-5-9(6-8(2)14)12(16-4)10(13)11(7)15-3/h5,8,14H,6H2,1-4H3. The molecule has 1 rings (SSSR count). The lowest BCUT2D eigenvalue weighted by molar-refractivity contribution is 0.194. The Labute approximate surface area is 101 Å². The number of hydrogen-bond acceptors (Lipinski definition) is 3. The Morgan fingerprint density at radius 1 is 1.31 bits per heavy atom. The Balaban J connectivity index is 3.29. The second kappa shape index (κ2) is 5.41. The van der Waals surface area contributed by atoms with Gasteiger partial charge in [0.2, 0.25) is 0 Å². The molecule has 4 heteroatoms. The molecule has 0 radical (unpaired) electrons. The summed E-state index contributed by atoms with van der Waals surface area (Å²) in [5, 5.41) is 9.86. The van der Waals surface area contributed by atoms with Crippen molar-refractivity contribution in [2.75, 3.05) is 14.2 Å². The minimum absolute atomic E-state index is 0.433. The highest BCUT2D eigenvalue weighted by molar-refractivity contribution is 6.33. The number of aryl methyl sites for hydroxylation is 1. The van der Waals surface area contributed by atoms with Gasteiger partial charge < -0.3 is 14.6 Å². The molecule has 0 aliphatic rings. The molecule has 0 heterocycles. The highest BCUT2D eigenvalue weighted by Gasteiger charge is 2.17. The summed E-state index contributed by atoms with van der Waals surface area (Å²) in [7, 11) is 3.13. The van der Waals surface area contributed by atoms with Crippen molar-refractivity contribution in [3.05, 3.63) is 22.2 Å². The van der Waals surface area contributed by atoms with E-state index in [2.05, 4.69) is 0 Å². The summed E-state index contributed by atoms with van der Waals surface area (Å²) in [5.74, 6) is 1.19. The predicted molar refractivity (Wildman–Crippen MR) is 64.7 cm³/mol. The van der Waals surface area contributed by atoms with Crippen LogP contribution in [0.5, 0.6) is 11.5 Å². The van der Waals surface area contributed by atoms with Crippen LogP contribution in [0.4, 0.5) is 0 Å². The molecule has 0 bridgehead atoms. The fourth-order valence-corrected chi connectivity index (χ4v) is 2.18. The molecular formula is C12H17ClO3. The van der Waals surface area contributed by atoms with Crippen molar-refractivity contribution in [2.24, 2.45) is 0 Å². The molecule has 1 aromatic rings. The predicted octanol–water partition coefficient (Wildman–Crippen LogP) is 2.59. The second-order valence-electron chi connectivity index (χ2n) is 3.79. The van der Waals surface area contributed by atoms with Crippen LogP contribution in [0.1, 0.15) is 18.1 Å². The molecule has 0 aromatic heterocycles. The molecule has 0 fully saturated rings. The molecule has 90 valence electrons. The van der Waals surface area contributed by atoms with Crippen LogP contribution in [0.3, 0.4) is 0 Å². The molecule has 0 saturated heterocycles. The number of benzene rings is 1. The topological polar surface area (TPSA) is 38.7 Å². The van der Waals surface area contributed by atoms with E-state index in [4.69, 9.17) is 21.1 Å². The monoisotopic (exact) mass is 244 g/mol. The highest BCUT2D eigenvalue weighted by Crippen LogP contribution is 2.39. The molecule has 1 unspecified atom stereocenters. The first-order valence-electron chi connectivity index (χ1n) is 5.09. The highest BCUT2D eigenvalue weighted by atomic mass is 35.5. The van der Waals surface area contributed by atoms with Crippen molar-refractivity contribution in [2.45, 2.75) is 26.4 Å². The minimum atomic E-state index is -0.433. The van der Waals surface area contributed by atoms with E-state index in [1.165, 1.54) is 0 Å². The average molecular weight is 245 g/mol. The van der Waals surface area contributed by atoms with Gasteiger partial charge in [-0.05, 0) is 31.0 Å². The zero-order chi connectivity index (χ0) is 12.3. The SMILES string of the molecule is COc1c(C)cc(CC(C)O)c(OC)c1Cl. The van der Waals surface area contributed by atoms with E-state index in [9.17, 15) is 5.11 Å². The number of aliphatic hydroxyl groups is 1. The van der Waals surface area contributed by atoms with E-state index in [-0.39, 0.29) is 0 Å². The fourth-order valence-electron chi connectivity index (χ4n) is 1.75. The maximum atomic E-state index is 9.40. The van der Waals surface area contributed by atoms with Gasteiger partial charge in [-0.25, -0.2) is 0 Å². The smallest absolute Gasteiger partial charge is 0.144 e. The summed E-state index contributed by atoms with van der Waals surface area (Å²) in [6, 6.07) is 1.93. The van der Waals surface area contributed by atoms with Gasteiger partial charge in [0.25, 0.3) is 0 Å². The summed E-state index contributed by atoms with van der Waals surface area (Å²) < 4.78 is 10.5. The quantitative estimate of drug-likeness (QED) is 0.885.